The minimum absolute atomic E-state index is 0.436. The van der Waals surface area contributed by atoms with Crippen LogP contribution in [0.4, 0.5) is 0 Å². The van der Waals surface area contributed by atoms with Gasteiger partial charge in [0.15, 0.2) is 0 Å². The molecule has 1 N–H and O–H groups in total. The molecule has 0 saturated heterocycles. The smallest absolute Gasteiger partial charge is 0.0321 e. The van der Waals surface area contributed by atoms with Gasteiger partial charge in [-0.3, -0.25) is 0 Å². The second-order valence-electron chi connectivity index (χ2n) is 6.27. The first-order valence-electron chi connectivity index (χ1n) is 8.17. The van der Waals surface area contributed by atoms with E-state index >= 15 is 0 Å². The number of benzene rings is 2. The third kappa shape index (κ3) is 5.40. The summed E-state index contributed by atoms with van der Waals surface area (Å²) in [5, 5.41) is 3.64. The van der Waals surface area contributed by atoms with Gasteiger partial charge >= 0.3 is 0 Å². The molecule has 116 valence electrons. The maximum absolute atomic E-state index is 4.22. The van der Waals surface area contributed by atoms with Gasteiger partial charge < -0.3 is 5.32 Å². The molecule has 0 bridgehead atoms. The summed E-state index contributed by atoms with van der Waals surface area (Å²) in [5.41, 5.74) is 3.89. The van der Waals surface area contributed by atoms with Gasteiger partial charge in [0.25, 0.3) is 0 Å². The van der Waals surface area contributed by atoms with Gasteiger partial charge in [-0.05, 0) is 36.3 Å². The standard InChI is InChI=1S/C21H27N/c1-17(2)21(16-20-12-8-5-9-13-20)22-18(3)14-15-19-10-6-4-7-11-19/h4-13,17,21-22H,3,14-16H2,1-2H3. The third-order valence-electron chi connectivity index (χ3n) is 4.05. The Morgan fingerprint density at radius 1 is 0.909 bits per heavy atom. The number of aryl methyl sites for hydroxylation is 1. The molecule has 1 nitrogen and oxygen atoms in total. The highest BCUT2D eigenvalue weighted by atomic mass is 14.9. The quantitative estimate of drug-likeness (QED) is 0.723. The monoisotopic (exact) mass is 293 g/mol. The molecule has 0 amide bonds. The minimum atomic E-state index is 0.436. The first-order valence-corrected chi connectivity index (χ1v) is 8.17. The van der Waals surface area contributed by atoms with Gasteiger partial charge in [-0.15, -0.1) is 0 Å². The summed E-state index contributed by atoms with van der Waals surface area (Å²) in [6.07, 6.45) is 3.08. The summed E-state index contributed by atoms with van der Waals surface area (Å²) >= 11 is 0. The molecule has 0 heterocycles. The summed E-state index contributed by atoms with van der Waals surface area (Å²) in [6, 6.07) is 21.7. The summed E-state index contributed by atoms with van der Waals surface area (Å²) in [5.74, 6) is 0.577. The van der Waals surface area contributed by atoms with E-state index in [1.807, 2.05) is 0 Å². The molecule has 1 heteroatoms. The van der Waals surface area contributed by atoms with E-state index in [9.17, 15) is 0 Å². The van der Waals surface area contributed by atoms with Crippen LogP contribution in [0.15, 0.2) is 72.9 Å². The maximum atomic E-state index is 4.22. The average Bonchev–Trinajstić information content (AvgIpc) is 2.54. The van der Waals surface area contributed by atoms with Crippen molar-refractivity contribution in [3.63, 3.8) is 0 Å². The topological polar surface area (TPSA) is 12.0 Å². The molecular formula is C21H27N. The van der Waals surface area contributed by atoms with Gasteiger partial charge in [0.1, 0.15) is 0 Å². The third-order valence-corrected chi connectivity index (χ3v) is 4.05. The molecule has 0 aromatic heterocycles. The molecule has 0 spiro atoms. The Morgan fingerprint density at radius 3 is 2.00 bits per heavy atom. The lowest BCUT2D eigenvalue weighted by atomic mass is 9.95. The Balaban J connectivity index is 1.86. The zero-order valence-corrected chi connectivity index (χ0v) is 13.8. The molecule has 2 aromatic carbocycles. The van der Waals surface area contributed by atoms with Crippen molar-refractivity contribution in [2.24, 2.45) is 5.92 Å². The van der Waals surface area contributed by atoms with Crippen molar-refractivity contribution in [1.82, 2.24) is 5.32 Å². The van der Waals surface area contributed by atoms with Crippen LogP contribution in [0, 0.1) is 5.92 Å². The second-order valence-corrected chi connectivity index (χ2v) is 6.27. The van der Waals surface area contributed by atoms with Gasteiger partial charge in [0, 0.05) is 11.7 Å². The Hall–Kier alpha value is -2.02. The first kappa shape index (κ1) is 16.4. The van der Waals surface area contributed by atoms with Crippen molar-refractivity contribution in [2.45, 2.75) is 39.2 Å². The lowest BCUT2D eigenvalue weighted by molar-refractivity contribution is 0.422. The van der Waals surface area contributed by atoms with Gasteiger partial charge in [0.05, 0.1) is 0 Å². The SMILES string of the molecule is C=C(CCc1ccccc1)NC(Cc1ccccc1)C(C)C. The van der Waals surface area contributed by atoms with E-state index in [4.69, 9.17) is 0 Å². The molecule has 0 saturated carbocycles. The van der Waals surface area contributed by atoms with E-state index in [0.29, 0.717) is 12.0 Å². The summed E-state index contributed by atoms with van der Waals surface area (Å²) in [4.78, 5) is 0. The van der Waals surface area contributed by atoms with Gasteiger partial charge in [-0.1, -0.05) is 81.1 Å². The lowest BCUT2D eigenvalue weighted by Gasteiger charge is -2.25. The van der Waals surface area contributed by atoms with Gasteiger partial charge in [-0.2, -0.15) is 0 Å². The molecule has 0 aliphatic heterocycles. The van der Waals surface area contributed by atoms with E-state index in [2.05, 4.69) is 86.4 Å². The van der Waals surface area contributed by atoms with E-state index in [1.165, 1.54) is 11.1 Å². The van der Waals surface area contributed by atoms with E-state index < -0.39 is 0 Å². The van der Waals surface area contributed by atoms with Crippen molar-refractivity contribution < 1.29 is 0 Å². The summed E-state index contributed by atoms with van der Waals surface area (Å²) in [6.45, 7) is 8.76. The van der Waals surface area contributed by atoms with E-state index in [0.717, 1.165) is 25.0 Å². The van der Waals surface area contributed by atoms with Crippen LogP contribution < -0.4 is 5.32 Å². The van der Waals surface area contributed by atoms with Crippen LogP contribution in [-0.2, 0) is 12.8 Å². The average molecular weight is 293 g/mol. The number of nitrogens with one attached hydrogen (secondary N) is 1. The molecule has 1 unspecified atom stereocenters. The predicted molar refractivity (Wildman–Crippen MR) is 95.8 cm³/mol. The fourth-order valence-corrected chi connectivity index (χ4v) is 2.60. The zero-order valence-electron chi connectivity index (χ0n) is 13.8. The van der Waals surface area contributed by atoms with Crippen LogP contribution in [0.3, 0.4) is 0 Å². The van der Waals surface area contributed by atoms with Crippen molar-refractivity contribution in [2.75, 3.05) is 0 Å². The summed E-state index contributed by atoms with van der Waals surface area (Å²) < 4.78 is 0. The molecule has 0 fully saturated rings. The fraction of sp³-hybridized carbons (Fsp3) is 0.333. The normalized spacial score (nSPS) is 12.1. The molecule has 22 heavy (non-hydrogen) atoms. The minimum Gasteiger partial charge on any atom is -0.385 e. The van der Waals surface area contributed by atoms with Crippen LogP contribution in [0.2, 0.25) is 0 Å². The molecule has 0 radical (unpaired) electrons. The van der Waals surface area contributed by atoms with Crippen molar-refractivity contribution in [1.29, 1.82) is 0 Å². The lowest BCUT2D eigenvalue weighted by Crippen LogP contribution is -2.35. The molecule has 0 aliphatic carbocycles. The van der Waals surface area contributed by atoms with E-state index in [-0.39, 0.29) is 0 Å². The van der Waals surface area contributed by atoms with Gasteiger partial charge in [0.2, 0.25) is 0 Å². The molecule has 2 aromatic rings. The Labute approximate surface area is 135 Å². The van der Waals surface area contributed by atoms with Crippen LogP contribution in [0.1, 0.15) is 31.4 Å². The first-order chi connectivity index (χ1) is 10.6. The van der Waals surface area contributed by atoms with E-state index in [1.54, 1.807) is 0 Å². The number of allylic oxidation sites excluding steroid dienone is 1. The maximum Gasteiger partial charge on any atom is 0.0321 e. The van der Waals surface area contributed by atoms with Crippen molar-refractivity contribution >= 4 is 0 Å². The van der Waals surface area contributed by atoms with Gasteiger partial charge in [-0.25, -0.2) is 0 Å². The van der Waals surface area contributed by atoms with Crippen molar-refractivity contribution in [3.8, 4) is 0 Å². The molecule has 0 aliphatic rings. The Kier molecular flexibility index (Phi) is 6.27. The highest BCUT2D eigenvalue weighted by Crippen LogP contribution is 2.13. The van der Waals surface area contributed by atoms with Crippen LogP contribution in [-0.4, -0.2) is 6.04 Å². The Bertz CT molecular complexity index is 557. The summed E-state index contributed by atoms with van der Waals surface area (Å²) in [7, 11) is 0. The highest BCUT2D eigenvalue weighted by Gasteiger charge is 2.14. The number of hydrogen-bond acceptors (Lipinski definition) is 1. The highest BCUT2D eigenvalue weighted by molar-refractivity contribution is 5.18. The number of hydrogen-bond donors (Lipinski definition) is 1. The molecular weight excluding hydrogens is 266 g/mol. The second kappa shape index (κ2) is 8.43. The molecule has 1 atom stereocenters. The Morgan fingerprint density at radius 2 is 1.45 bits per heavy atom. The van der Waals surface area contributed by atoms with Crippen LogP contribution >= 0.6 is 0 Å². The largest absolute Gasteiger partial charge is 0.385 e. The molecule has 2 rings (SSSR count). The predicted octanol–water partition coefficient (Wildman–Crippen LogP) is 4.99. The van der Waals surface area contributed by atoms with Crippen molar-refractivity contribution in [3.05, 3.63) is 84.1 Å². The number of rotatable bonds is 8. The van der Waals surface area contributed by atoms with Crippen LogP contribution in [0.5, 0.6) is 0 Å². The van der Waals surface area contributed by atoms with Crippen LogP contribution in [0.25, 0.3) is 0 Å². The fourth-order valence-electron chi connectivity index (χ4n) is 2.60. The zero-order chi connectivity index (χ0) is 15.8.